The molecule has 0 aromatic carbocycles. The van der Waals surface area contributed by atoms with Gasteiger partial charge in [0.05, 0.1) is 0 Å². The molecule has 0 aliphatic heterocycles. The molecule has 0 heterocycles. The van der Waals surface area contributed by atoms with Crippen molar-refractivity contribution in [1.82, 2.24) is 0 Å². The molecule has 2 saturated carbocycles. The van der Waals surface area contributed by atoms with Gasteiger partial charge in [0, 0.05) is 29.7 Å². The van der Waals surface area contributed by atoms with Crippen LogP contribution in [-0.2, 0) is 14.3 Å². The van der Waals surface area contributed by atoms with Crippen LogP contribution in [0.1, 0.15) is 52.9 Å². The van der Waals surface area contributed by atoms with Crippen molar-refractivity contribution < 1.29 is 19.4 Å². The summed E-state index contributed by atoms with van der Waals surface area (Å²) in [6, 6.07) is 0. The van der Waals surface area contributed by atoms with Crippen LogP contribution in [-0.4, -0.2) is 16.9 Å². The molecule has 5 atom stereocenters. The number of esters is 1. The highest BCUT2D eigenvalue weighted by atomic mass is 16.5. The van der Waals surface area contributed by atoms with Crippen LogP contribution >= 0.6 is 0 Å². The van der Waals surface area contributed by atoms with E-state index in [1.165, 1.54) is 6.92 Å². The predicted octanol–water partition coefficient (Wildman–Crippen LogP) is 4.24. The maximum absolute atomic E-state index is 12.5. The van der Waals surface area contributed by atoms with Gasteiger partial charge in [0.2, 0.25) is 0 Å². The van der Waals surface area contributed by atoms with Crippen molar-refractivity contribution in [3.05, 3.63) is 35.3 Å². The molecular weight excluding hydrogens is 316 g/mol. The van der Waals surface area contributed by atoms with E-state index in [2.05, 4.69) is 26.0 Å². The summed E-state index contributed by atoms with van der Waals surface area (Å²) in [6.07, 6.45) is 10.4. The third-order valence-corrected chi connectivity index (χ3v) is 7.40. The zero-order valence-electron chi connectivity index (χ0n) is 15.2. The summed E-state index contributed by atoms with van der Waals surface area (Å²) in [5, 5.41) is 10.2. The van der Waals surface area contributed by atoms with E-state index in [0.29, 0.717) is 35.7 Å². The van der Waals surface area contributed by atoms with Crippen LogP contribution in [0.2, 0.25) is 0 Å². The summed E-state index contributed by atoms with van der Waals surface area (Å²) >= 11 is 0. The number of hydrogen-bond donors (Lipinski definition) is 1. The molecule has 0 aromatic rings. The summed E-state index contributed by atoms with van der Waals surface area (Å²) in [7, 11) is 0. The normalized spacial score (nSPS) is 42.4. The van der Waals surface area contributed by atoms with E-state index in [4.69, 9.17) is 4.74 Å². The minimum absolute atomic E-state index is 0.0223. The lowest BCUT2D eigenvalue weighted by molar-refractivity contribution is -0.137. The second-order valence-corrected chi connectivity index (χ2v) is 8.57. The Labute approximate surface area is 148 Å². The van der Waals surface area contributed by atoms with Crippen molar-refractivity contribution in [2.45, 2.75) is 52.9 Å². The van der Waals surface area contributed by atoms with E-state index >= 15 is 0 Å². The number of aliphatic hydroxyl groups excluding tert-OH is 1. The minimum atomic E-state index is -0.417. The lowest BCUT2D eigenvalue weighted by Crippen LogP contribution is -2.49. The molecule has 0 radical (unpaired) electrons. The van der Waals surface area contributed by atoms with E-state index in [1.807, 2.05) is 0 Å². The Morgan fingerprint density at radius 2 is 2.04 bits per heavy atom. The largest absolute Gasteiger partial charge is 0.504 e. The van der Waals surface area contributed by atoms with Gasteiger partial charge >= 0.3 is 5.97 Å². The summed E-state index contributed by atoms with van der Waals surface area (Å²) in [6.45, 7) is 5.71. The summed E-state index contributed by atoms with van der Waals surface area (Å²) < 4.78 is 5.36. The lowest BCUT2D eigenvalue weighted by atomic mass is 9.49. The van der Waals surface area contributed by atoms with Crippen molar-refractivity contribution in [3.63, 3.8) is 0 Å². The molecule has 4 nitrogen and oxygen atoms in total. The highest BCUT2D eigenvalue weighted by Gasteiger charge is 2.58. The number of ether oxygens (including phenoxy) is 1. The van der Waals surface area contributed by atoms with E-state index in [0.717, 1.165) is 31.3 Å². The average molecular weight is 342 g/mol. The number of Topliss-reactive ketones (excluding diaryl/α,β-unsaturated/α-hetero) is 1. The monoisotopic (exact) mass is 342 g/mol. The average Bonchev–Trinajstić information content (AvgIpc) is 2.86. The van der Waals surface area contributed by atoms with Gasteiger partial charge in [0.25, 0.3) is 0 Å². The van der Waals surface area contributed by atoms with E-state index in [9.17, 15) is 14.7 Å². The molecular formula is C21H26O4. The first-order valence-electron chi connectivity index (χ1n) is 9.32. The SMILES string of the molecule is CC(=O)OC1=C(O)C=C[C@@]2(C)C1=CC[C@@H]1[C@@H]2CC[C@]2(C)C(=O)CC[C@@H]12. The summed E-state index contributed by atoms with van der Waals surface area (Å²) in [4.78, 5) is 23.9. The number of ketones is 1. The quantitative estimate of drug-likeness (QED) is 0.724. The Hall–Kier alpha value is -1.84. The van der Waals surface area contributed by atoms with Crippen LogP contribution in [0.25, 0.3) is 0 Å². The molecule has 2 fully saturated rings. The highest BCUT2D eigenvalue weighted by Crippen LogP contribution is 2.63. The van der Waals surface area contributed by atoms with Gasteiger partial charge in [-0.05, 0) is 49.5 Å². The topological polar surface area (TPSA) is 63.6 Å². The summed E-state index contributed by atoms with van der Waals surface area (Å²) in [5.74, 6) is 1.68. The Bertz CT molecular complexity index is 743. The maximum Gasteiger partial charge on any atom is 0.308 e. The van der Waals surface area contributed by atoms with Crippen molar-refractivity contribution in [1.29, 1.82) is 0 Å². The van der Waals surface area contributed by atoms with Crippen LogP contribution in [0.5, 0.6) is 0 Å². The molecule has 4 heteroatoms. The van der Waals surface area contributed by atoms with Crippen molar-refractivity contribution >= 4 is 11.8 Å². The Balaban J connectivity index is 1.74. The Morgan fingerprint density at radius 3 is 2.76 bits per heavy atom. The third-order valence-electron chi connectivity index (χ3n) is 7.40. The number of carbonyl (C=O) groups excluding carboxylic acids is 2. The van der Waals surface area contributed by atoms with E-state index < -0.39 is 5.97 Å². The molecule has 0 spiro atoms. The third kappa shape index (κ3) is 2.19. The number of fused-ring (bicyclic) bond motifs is 5. The second-order valence-electron chi connectivity index (χ2n) is 8.57. The first kappa shape index (κ1) is 16.6. The van der Waals surface area contributed by atoms with Crippen LogP contribution in [0, 0.1) is 28.6 Å². The van der Waals surface area contributed by atoms with Crippen molar-refractivity contribution in [2.24, 2.45) is 28.6 Å². The molecule has 0 bridgehead atoms. The van der Waals surface area contributed by atoms with Gasteiger partial charge in [-0.1, -0.05) is 26.0 Å². The minimum Gasteiger partial charge on any atom is -0.504 e. The van der Waals surface area contributed by atoms with Gasteiger partial charge in [-0.25, -0.2) is 0 Å². The summed E-state index contributed by atoms with van der Waals surface area (Å²) in [5.41, 5.74) is 0.516. The first-order chi connectivity index (χ1) is 11.8. The molecule has 0 saturated heterocycles. The van der Waals surface area contributed by atoms with Gasteiger partial charge in [0.1, 0.15) is 5.78 Å². The molecule has 0 amide bonds. The number of hydrogen-bond acceptors (Lipinski definition) is 4. The number of carbonyl (C=O) groups is 2. The fourth-order valence-corrected chi connectivity index (χ4v) is 6.07. The molecule has 4 aliphatic carbocycles. The fourth-order valence-electron chi connectivity index (χ4n) is 6.07. The number of allylic oxidation sites excluding steroid dienone is 4. The van der Waals surface area contributed by atoms with Gasteiger partial charge < -0.3 is 9.84 Å². The molecule has 134 valence electrons. The molecule has 25 heavy (non-hydrogen) atoms. The van der Waals surface area contributed by atoms with E-state index in [1.54, 1.807) is 6.08 Å². The smallest absolute Gasteiger partial charge is 0.308 e. The van der Waals surface area contributed by atoms with Crippen LogP contribution in [0.15, 0.2) is 35.3 Å². The maximum atomic E-state index is 12.5. The molecule has 4 aliphatic rings. The van der Waals surface area contributed by atoms with E-state index in [-0.39, 0.29) is 16.6 Å². The molecule has 0 unspecified atom stereocenters. The number of aliphatic hydroxyl groups is 1. The van der Waals surface area contributed by atoms with Gasteiger partial charge in [0.15, 0.2) is 11.5 Å². The predicted molar refractivity (Wildman–Crippen MR) is 93.4 cm³/mol. The van der Waals surface area contributed by atoms with Crippen LogP contribution in [0.3, 0.4) is 0 Å². The zero-order valence-corrected chi connectivity index (χ0v) is 15.2. The van der Waals surface area contributed by atoms with Gasteiger partial charge in [-0.3, -0.25) is 9.59 Å². The standard InChI is InChI=1S/C21H26O4/c1-12(22)25-19-16-5-4-13-14-6-7-18(24)21(14,3)10-8-15(13)20(16,2)11-9-17(19)23/h5,9,11,13-15,23H,4,6-8,10H2,1-3H3/t13-,14-,15-,20+,21-/m0/s1. The highest BCUT2D eigenvalue weighted by molar-refractivity contribution is 5.87. The van der Waals surface area contributed by atoms with Crippen molar-refractivity contribution in [3.8, 4) is 0 Å². The molecule has 1 N–H and O–H groups in total. The van der Waals surface area contributed by atoms with Crippen LogP contribution < -0.4 is 0 Å². The Morgan fingerprint density at radius 1 is 1.28 bits per heavy atom. The van der Waals surface area contributed by atoms with Gasteiger partial charge in [-0.2, -0.15) is 0 Å². The molecule has 4 rings (SSSR count). The van der Waals surface area contributed by atoms with Gasteiger partial charge in [-0.15, -0.1) is 0 Å². The van der Waals surface area contributed by atoms with Crippen molar-refractivity contribution in [2.75, 3.05) is 0 Å². The Kier molecular flexibility index (Phi) is 3.54. The second kappa shape index (κ2) is 5.33. The number of rotatable bonds is 1. The first-order valence-corrected chi connectivity index (χ1v) is 9.32. The lowest BCUT2D eigenvalue weighted by Gasteiger charge is -2.54. The molecule has 0 aromatic heterocycles. The zero-order chi connectivity index (χ0) is 18.0. The fraction of sp³-hybridized carbons (Fsp3) is 0.619. The van der Waals surface area contributed by atoms with Crippen LogP contribution in [0.4, 0.5) is 0 Å².